The number of unbranched alkanes of at least 4 members (excludes halogenated alkanes) is 2. The second-order valence-corrected chi connectivity index (χ2v) is 12.7. The Morgan fingerprint density at radius 3 is 1.68 bits per heavy atom. The lowest BCUT2D eigenvalue weighted by molar-refractivity contribution is -0.142. The average Bonchev–Trinajstić information content (AvgIpc) is 3.57. The third-order valence-electron chi connectivity index (χ3n) is 7.75. The van der Waals surface area contributed by atoms with Gasteiger partial charge in [-0.1, -0.05) is 26.0 Å². The molecule has 12 N–H and O–H groups in total. The van der Waals surface area contributed by atoms with E-state index in [2.05, 4.69) is 26.6 Å². The number of furan rings is 1. The van der Waals surface area contributed by atoms with Gasteiger partial charge in [0.15, 0.2) is 0 Å². The van der Waals surface area contributed by atoms with Gasteiger partial charge in [-0.15, -0.1) is 0 Å². The molecule has 0 aliphatic carbocycles. The number of aliphatic carboxylic acids is 1. The Bertz CT molecular complexity index is 1240. The summed E-state index contributed by atoms with van der Waals surface area (Å²) in [4.78, 5) is 78.5. The third kappa shape index (κ3) is 16.9. The molecule has 0 spiro atoms. The zero-order chi connectivity index (χ0) is 37.6. The van der Waals surface area contributed by atoms with Crippen molar-refractivity contribution in [2.75, 3.05) is 13.1 Å². The number of nitrogens with two attached hydrogens (primary N) is 3. The number of carboxylic acid groups (broad SMARTS) is 1. The summed E-state index contributed by atoms with van der Waals surface area (Å²) >= 11 is 0. The van der Waals surface area contributed by atoms with Crippen molar-refractivity contribution in [1.29, 1.82) is 0 Å². The zero-order valence-electron chi connectivity index (χ0n) is 29.7. The van der Waals surface area contributed by atoms with Crippen LogP contribution in [-0.2, 0) is 35.2 Å². The van der Waals surface area contributed by atoms with E-state index in [0.717, 1.165) is 0 Å². The Labute approximate surface area is 294 Å². The first-order chi connectivity index (χ1) is 23.7. The van der Waals surface area contributed by atoms with Crippen molar-refractivity contribution >= 4 is 35.5 Å². The van der Waals surface area contributed by atoms with Crippen LogP contribution >= 0.6 is 0 Å². The Morgan fingerprint density at radius 1 is 0.740 bits per heavy atom. The van der Waals surface area contributed by atoms with E-state index in [1.807, 2.05) is 13.8 Å². The molecule has 0 fully saturated rings. The van der Waals surface area contributed by atoms with Crippen LogP contribution < -0.4 is 43.8 Å². The summed E-state index contributed by atoms with van der Waals surface area (Å²) in [5.41, 5.74) is 17.0. The van der Waals surface area contributed by atoms with Crippen molar-refractivity contribution in [1.82, 2.24) is 26.6 Å². The van der Waals surface area contributed by atoms with Gasteiger partial charge in [0, 0.05) is 6.42 Å². The van der Waals surface area contributed by atoms with E-state index in [0.29, 0.717) is 44.5 Å². The summed E-state index contributed by atoms with van der Waals surface area (Å²) in [7, 11) is 0. The summed E-state index contributed by atoms with van der Waals surface area (Å²) in [5, 5.41) is 22.9. The maximum atomic E-state index is 13.7. The Hall–Kier alpha value is -4.28. The van der Waals surface area contributed by atoms with Gasteiger partial charge in [0.05, 0.1) is 12.3 Å². The first-order valence-corrected chi connectivity index (χ1v) is 17.3. The van der Waals surface area contributed by atoms with Crippen LogP contribution in [0.2, 0.25) is 0 Å². The van der Waals surface area contributed by atoms with E-state index in [1.165, 1.54) is 13.2 Å². The molecule has 1 aromatic rings. The number of nitrogens with one attached hydrogen (secondary N) is 5. The van der Waals surface area contributed by atoms with Crippen LogP contribution in [0.3, 0.4) is 0 Å². The quantitative estimate of drug-likeness (QED) is 0.0480. The lowest BCUT2D eigenvalue weighted by Gasteiger charge is -2.27. The summed E-state index contributed by atoms with van der Waals surface area (Å²) in [6, 6.07) is -3.30. The lowest BCUT2D eigenvalue weighted by atomic mass is 10.0. The van der Waals surface area contributed by atoms with Crippen LogP contribution in [-0.4, -0.2) is 90.0 Å². The van der Waals surface area contributed by atoms with Crippen LogP contribution in [0.4, 0.5) is 0 Å². The molecule has 5 amide bonds. The van der Waals surface area contributed by atoms with Crippen molar-refractivity contribution in [3.8, 4) is 0 Å². The highest BCUT2D eigenvalue weighted by Gasteiger charge is 2.33. The first kappa shape index (κ1) is 43.7. The predicted octanol–water partition coefficient (Wildman–Crippen LogP) is -0.0518. The van der Waals surface area contributed by atoms with Gasteiger partial charge in [0.25, 0.3) is 0 Å². The molecule has 0 saturated carbocycles. The van der Waals surface area contributed by atoms with Crippen molar-refractivity contribution in [3.63, 3.8) is 0 Å². The summed E-state index contributed by atoms with van der Waals surface area (Å²) in [6.07, 6.45) is 7.57. The van der Waals surface area contributed by atoms with Gasteiger partial charge in [-0.3, -0.25) is 24.0 Å². The van der Waals surface area contributed by atoms with Crippen LogP contribution in [0.1, 0.15) is 84.8 Å². The van der Waals surface area contributed by atoms with Crippen LogP contribution in [0.5, 0.6) is 0 Å². The maximum absolute atomic E-state index is 13.7. The Morgan fingerprint density at radius 2 is 1.22 bits per heavy atom. The Kier molecular flexibility index (Phi) is 21.0. The third-order valence-corrected chi connectivity index (χ3v) is 7.75. The molecule has 50 heavy (non-hydrogen) atoms. The summed E-state index contributed by atoms with van der Waals surface area (Å²) in [6.45, 7) is 7.63. The van der Waals surface area contributed by atoms with E-state index in [1.54, 1.807) is 31.2 Å². The number of carbonyl (C=O) groups excluding carboxylic acids is 5. The van der Waals surface area contributed by atoms with Crippen LogP contribution in [0.25, 0.3) is 0 Å². The monoisotopic (exact) mass is 706 g/mol. The fourth-order valence-electron chi connectivity index (χ4n) is 4.95. The molecule has 6 atom stereocenters. The molecule has 1 aromatic heterocycles. The van der Waals surface area contributed by atoms with Gasteiger partial charge in [-0.25, -0.2) is 4.79 Å². The molecular weight excluding hydrogens is 648 g/mol. The van der Waals surface area contributed by atoms with Crippen LogP contribution in [0.15, 0.2) is 35.0 Å². The van der Waals surface area contributed by atoms with E-state index in [4.69, 9.17) is 21.6 Å². The average molecular weight is 707 g/mol. The molecule has 16 heteroatoms. The minimum Gasteiger partial charge on any atom is -0.480 e. The molecule has 1 heterocycles. The standard InChI is InChI=1S/C34H58N8O8/c1-5-6-13-24(32(46)41-27(20-23-12-11-18-50-23)33(47)42-28(34(48)49)19-21(2)3)39-31(45)26(15-8-10-17-36)40-30(44)25(14-7-9-16-35)38-29(43)22(4)37/h5-6,11-12,18,21-22,24-28H,7-10,13-17,19-20,35-37H2,1-4H3,(H,38,43)(H,39,45)(H,40,44)(H,41,46)(H,42,47)(H,48,49)/b6-5+/t22-,24-,25-,26-,27-,28-/m0/s1. The highest BCUT2D eigenvalue weighted by Crippen LogP contribution is 2.10. The second-order valence-electron chi connectivity index (χ2n) is 12.7. The molecule has 16 nitrogen and oxygen atoms in total. The van der Waals surface area contributed by atoms with E-state index in [-0.39, 0.29) is 38.0 Å². The molecule has 0 aliphatic heterocycles. The number of allylic oxidation sites excluding steroid dienone is 1. The molecule has 0 unspecified atom stereocenters. The van der Waals surface area contributed by atoms with Gasteiger partial charge in [-0.2, -0.15) is 0 Å². The van der Waals surface area contributed by atoms with Crippen molar-refractivity contribution in [3.05, 3.63) is 36.3 Å². The number of hydrogen-bond donors (Lipinski definition) is 9. The normalized spacial score (nSPS) is 15.0. The minimum absolute atomic E-state index is 0.0325. The molecule has 0 radical (unpaired) electrons. The SMILES string of the molecule is C/C=C/C[C@H](NC(=O)[C@H](CCCCN)NC(=O)[C@H](CCCCN)NC(=O)[C@H](C)N)C(=O)N[C@@H](Cc1ccco1)C(=O)N[C@@H](CC(C)C)C(=O)O. The maximum Gasteiger partial charge on any atom is 0.326 e. The van der Waals surface area contributed by atoms with Crippen molar-refractivity contribution in [2.24, 2.45) is 23.1 Å². The van der Waals surface area contributed by atoms with E-state index < -0.39 is 71.8 Å². The van der Waals surface area contributed by atoms with Gasteiger partial charge in [0.1, 0.15) is 36.0 Å². The van der Waals surface area contributed by atoms with Gasteiger partial charge in [-0.05, 0) is 96.4 Å². The van der Waals surface area contributed by atoms with Crippen molar-refractivity contribution < 1.29 is 38.3 Å². The number of carbonyl (C=O) groups is 6. The van der Waals surface area contributed by atoms with Crippen molar-refractivity contribution in [2.45, 2.75) is 122 Å². The molecule has 0 aromatic carbocycles. The second kappa shape index (κ2) is 24.0. The molecule has 0 aliphatic rings. The Balaban J connectivity index is 3.28. The molecular formula is C34H58N8O8. The summed E-state index contributed by atoms with van der Waals surface area (Å²) in [5.74, 6) is -4.11. The van der Waals surface area contributed by atoms with E-state index in [9.17, 15) is 33.9 Å². The number of carboxylic acids is 1. The highest BCUT2D eigenvalue weighted by molar-refractivity contribution is 5.96. The fraction of sp³-hybridized carbons (Fsp3) is 0.647. The smallest absolute Gasteiger partial charge is 0.326 e. The minimum atomic E-state index is -1.24. The zero-order valence-corrected chi connectivity index (χ0v) is 29.7. The number of hydrogen-bond acceptors (Lipinski definition) is 10. The number of amides is 5. The molecule has 0 bridgehead atoms. The predicted molar refractivity (Wildman–Crippen MR) is 188 cm³/mol. The van der Waals surface area contributed by atoms with Gasteiger partial charge in [0.2, 0.25) is 29.5 Å². The van der Waals surface area contributed by atoms with Gasteiger partial charge >= 0.3 is 5.97 Å². The summed E-state index contributed by atoms with van der Waals surface area (Å²) < 4.78 is 5.39. The topological polar surface area (TPSA) is 274 Å². The lowest BCUT2D eigenvalue weighted by Crippen LogP contribution is -2.59. The fourth-order valence-corrected chi connectivity index (χ4v) is 4.95. The molecule has 0 saturated heterocycles. The van der Waals surface area contributed by atoms with Crippen LogP contribution in [0, 0.1) is 5.92 Å². The van der Waals surface area contributed by atoms with Gasteiger partial charge < -0.3 is 53.3 Å². The largest absolute Gasteiger partial charge is 0.480 e. The molecule has 1 rings (SSSR count). The molecule has 282 valence electrons. The van der Waals surface area contributed by atoms with E-state index >= 15 is 0 Å². The number of rotatable bonds is 25. The first-order valence-electron chi connectivity index (χ1n) is 17.3. The highest BCUT2D eigenvalue weighted by atomic mass is 16.4.